The van der Waals surface area contributed by atoms with Crippen LogP contribution in [0.3, 0.4) is 0 Å². The van der Waals surface area contributed by atoms with Crippen molar-refractivity contribution < 1.29 is 13.6 Å². The molecule has 2 aromatic heterocycles. The molecule has 0 aliphatic carbocycles. The van der Waals surface area contributed by atoms with Crippen LogP contribution in [-0.2, 0) is 4.79 Å². The van der Waals surface area contributed by atoms with Crippen molar-refractivity contribution in [1.29, 1.82) is 0 Å². The summed E-state index contributed by atoms with van der Waals surface area (Å²) in [5.41, 5.74) is 5.46. The largest absolute Gasteiger partial charge is 0.436 e. The number of carbonyl (C=O) groups is 1. The fourth-order valence-electron chi connectivity index (χ4n) is 3.16. The molecule has 6 nitrogen and oxygen atoms in total. The highest BCUT2D eigenvalue weighted by atomic mass is 32.2. The van der Waals surface area contributed by atoms with Gasteiger partial charge in [-0.2, -0.15) is 0 Å². The lowest BCUT2D eigenvalue weighted by molar-refractivity contribution is -0.113. The zero-order valence-electron chi connectivity index (χ0n) is 16.1. The second-order valence-corrected chi connectivity index (χ2v) is 7.75. The molecule has 0 spiro atoms. The van der Waals surface area contributed by atoms with E-state index in [-0.39, 0.29) is 11.7 Å². The molecular formula is C23H17N3O3S. The molecule has 0 fully saturated rings. The van der Waals surface area contributed by atoms with E-state index in [1.807, 2.05) is 73.7 Å². The molecule has 2 heterocycles. The van der Waals surface area contributed by atoms with E-state index in [9.17, 15) is 4.79 Å². The summed E-state index contributed by atoms with van der Waals surface area (Å²) in [7, 11) is 0. The molecule has 148 valence electrons. The fourth-order valence-corrected chi connectivity index (χ4v) is 3.80. The Morgan fingerprint density at radius 3 is 2.63 bits per heavy atom. The molecule has 7 heteroatoms. The third-order valence-electron chi connectivity index (χ3n) is 4.58. The third kappa shape index (κ3) is 3.67. The van der Waals surface area contributed by atoms with Crippen LogP contribution >= 0.6 is 11.8 Å². The molecule has 0 aliphatic rings. The molecule has 0 saturated heterocycles. The Morgan fingerprint density at radius 2 is 1.73 bits per heavy atom. The first-order valence-corrected chi connectivity index (χ1v) is 10.4. The first-order valence-electron chi connectivity index (χ1n) is 9.40. The fraction of sp³-hybridized carbons (Fsp3) is 0.0870. The highest BCUT2D eigenvalue weighted by Gasteiger charge is 2.15. The summed E-state index contributed by atoms with van der Waals surface area (Å²) in [6.45, 7) is 2.01. The molecule has 5 rings (SSSR count). The van der Waals surface area contributed by atoms with Gasteiger partial charge >= 0.3 is 0 Å². The molecule has 30 heavy (non-hydrogen) atoms. The summed E-state index contributed by atoms with van der Waals surface area (Å²) >= 11 is 1.25. The standard InChI is InChI=1S/C23H17N3O3S/c1-14-10-11-20-18(12-14)25-22(28-20)15-6-2-3-7-16(15)24-21(27)13-30-23-26-17-8-4-5-9-19(17)29-23/h2-12H,13H2,1H3,(H,24,27). The number of fused-ring (bicyclic) bond motifs is 2. The predicted octanol–water partition coefficient (Wildman–Crippen LogP) is 5.68. The van der Waals surface area contributed by atoms with Crippen LogP contribution in [0.5, 0.6) is 0 Å². The Morgan fingerprint density at radius 1 is 0.933 bits per heavy atom. The molecule has 3 aromatic carbocycles. The topological polar surface area (TPSA) is 81.2 Å². The maximum absolute atomic E-state index is 12.5. The zero-order valence-corrected chi connectivity index (χ0v) is 16.9. The van der Waals surface area contributed by atoms with Crippen LogP contribution in [-0.4, -0.2) is 21.6 Å². The number of rotatable bonds is 5. The molecular weight excluding hydrogens is 398 g/mol. The molecule has 0 atom stereocenters. The molecule has 0 unspecified atom stereocenters. The average molecular weight is 415 g/mol. The number of hydrogen-bond donors (Lipinski definition) is 1. The number of nitrogens with zero attached hydrogens (tertiary/aromatic N) is 2. The van der Waals surface area contributed by atoms with Gasteiger partial charge in [0.15, 0.2) is 11.2 Å². The van der Waals surface area contributed by atoms with Crippen molar-refractivity contribution in [2.75, 3.05) is 11.1 Å². The summed E-state index contributed by atoms with van der Waals surface area (Å²) in [5.74, 6) is 0.480. The monoisotopic (exact) mass is 415 g/mol. The number of amides is 1. The maximum atomic E-state index is 12.5. The van der Waals surface area contributed by atoms with Crippen molar-refractivity contribution >= 4 is 45.6 Å². The number of oxazole rings is 2. The Hall–Kier alpha value is -3.58. The van der Waals surface area contributed by atoms with Crippen LogP contribution in [0, 0.1) is 6.92 Å². The van der Waals surface area contributed by atoms with E-state index in [0.717, 1.165) is 22.2 Å². The van der Waals surface area contributed by atoms with E-state index in [4.69, 9.17) is 8.83 Å². The van der Waals surface area contributed by atoms with Gasteiger partial charge in [-0.15, -0.1) is 0 Å². The normalized spacial score (nSPS) is 11.2. The molecule has 1 amide bonds. The molecule has 0 aliphatic heterocycles. The van der Waals surface area contributed by atoms with Gasteiger partial charge < -0.3 is 14.2 Å². The average Bonchev–Trinajstić information content (AvgIpc) is 3.36. The van der Waals surface area contributed by atoms with Crippen LogP contribution < -0.4 is 5.32 Å². The number of aryl methyl sites for hydroxylation is 1. The summed E-state index contributed by atoms with van der Waals surface area (Å²) < 4.78 is 11.6. The summed E-state index contributed by atoms with van der Waals surface area (Å²) in [5, 5.41) is 3.41. The Bertz CT molecular complexity index is 1340. The van der Waals surface area contributed by atoms with E-state index in [1.165, 1.54) is 11.8 Å². The smallest absolute Gasteiger partial charge is 0.257 e. The third-order valence-corrected chi connectivity index (χ3v) is 5.40. The SMILES string of the molecule is Cc1ccc2oc(-c3ccccc3NC(=O)CSc3nc4ccccc4o3)nc2c1. The van der Waals surface area contributed by atoms with E-state index in [2.05, 4.69) is 15.3 Å². The summed E-state index contributed by atoms with van der Waals surface area (Å²) in [4.78, 5) is 21.5. The quantitative estimate of drug-likeness (QED) is 0.372. The second kappa shape index (κ2) is 7.68. The van der Waals surface area contributed by atoms with Crippen LogP contribution in [0.15, 0.2) is 80.8 Å². The first-order chi connectivity index (χ1) is 14.7. The number of hydrogen-bond acceptors (Lipinski definition) is 6. The van der Waals surface area contributed by atoms with Gasteiger partial charge in [0.05, 0.1) is 17.0 Å². The van der Waals surface area contributed by atoms with Crippen LogP contribution in [0.4, 0.5) is 5.69 Å². The number of nitrogens with one attached hydrogen (secondary N) is 1. The number of thioether (sulfide) groups is 1. The van der Waals surface area contributed by atoms with Gasteiger partial charge in [-0.1, -0.05) is 42.1 Å². The minimum absolute atomic E-state index is 0.165. The molecule has 5 aromatic rings. The number of aromatic nitrogens is 2. The molecule has 0 bridgehead atoms. The molecule has 0 saturated carbocycles. The van der Waals surface area contributed by atoms with Crippen molar-refractivity contribution in [3.63, 3.8) is 0 Å². The number of benzene rings is 3. The highest BCUT2D eigenvalue weighted by molar-refractivity contribution is 7.99. The van der Waals surface area contributed by atoms with E-state index < -0.39 is 0 Å². The van der Waals surface area contributed by atoms with Gasteiger partial charge in [-0.25, -0.2) is 9.97 Å². The van der Waals surface area contributed by atoms with Gasteiger partial charge in [0, 0.05) is 0 Å². The second-order valence-electron chi connectivity index (χ2n) is 6.82. The van der Waals surface area contributed by atoms with Crippen LogP contribution in [0.2, 0.25) is 0 Å². The minimum Gasteiger partial charge on any atom is -0.436 e. The Balaban J connectivity index is 1.33. The first kappa shape index (κ1) is 18.4. The van der Waals surface area contributed by atoms with Gasteiger partial charge in [0.25, 0.3) is 5.22 Å². The van der Waals surface area contributed by atoms with Gasteiger partial charge in [0.1, 0.15) is 11.0 Å². The van der Waals surface area contributed by atoms with Gasteiger partial charge in [-0.05, 0) is 48.9 Å². The zero-order chi connectivity index (χ0) is 20.5. The Kier molecular flexibility index (Phi) is 4.72. The van der Waals surface area contributed by atoms with E-state index in [1.54, 1.807) is 0 Å². The Labute approximate surface area is 176 Å². The van der Waals surface area contributed by atoms with Crippen molar-refractivity contribution in [2.24, 2.45) is 0 Å². The summed E-state index contributed by atoms with van der Waals surface area (Å²) in [6.07, 6.45) is 0. The van der Waals surface area contributed by atoms with Crippen LogP contribution in [0.25, 0.3) is 33.7 Å². The van der Waals surface area contributed by atoms with Crippen molar-refractivity contribution in [3.05, 3.63) is 72.3 Å². The number of carbonyl (C=O) groups excluding carboxylic acids is 1. The lowest BCUT2D eigenvalue weighted by atomic mass is 10.1. The van der Waals surface area contributed by atoms with E-state index in [0.29, 0.717) is 28.0 Å². The summed E-state index contributed by atoms with van der Waals surface area (Å²) in [6, 6.07) is 20.8. The van der Waals surface area contributed by atoms with Crippen molar-refractivity contribution in [2.45, 2.75) is 12.1 Å². The molecule has 0 radical (unpaired) electrons. The van der Waals surface area contributed by atoms with Crippen LogP contribution in [0.1, 0.15) is 5.56 Å². The van der Waals surface area contributed by atoms with E-state index >= 15 is 0 Å². The highest BCUT2D eigenvalue weighted by Crippen LogP contribution is 2.31. The maximum Gasteiger partial charge on any atom is 0.257 e. The van der Waals surface area contributed by atoms with Gasteiger partial charge in [-0.3, -0.25) is 4.79 Å². The van der Waals surface area contributed by atoms with Crippen molar-refractivity contribution in [3.8, 4) is 11.5 Å². The molecule has 1 N–H and O–H groups in total. The number of para-hydroxylation sites is 3. The lowest BCUT2D eigenvalue weighted by Crippen LogP contribution is -2.14. The predicted molar refractivity (Wildman–Crippen MR) is 118 cm³/mol. The number of anilines is 1. The van der Waals surface area contributed by atoms with Gasteiger partial charge in [0.2, 0.25) is 11.8 Å². The van der Waals surface area contributed by atoms with Crippen molar-refractivity contribution in [1.82, 2.24) is 9.97 Å². The lowest BCUT2D eigenvalue weighted by Gasteiger charge is -2.08. The minimum atomic E-state index is -0.165.